The van der Waals surface area contributed by atoms with Gasteiger partial charge in [0.25, 0.3) is 0 Å². The van der Waals surface area contributed by atoms with Crippen LogP contribution in [0.5, 0.6) is 11.5 Å². The summed E-state index contributed by atoms with van der Waals surface area (Å²) in [6, 6.07) is 4.99. The number of H-pyrrole nitrogens is 2. The van der Waals surface area contributed by atoms with Crippen LogP contribution in [0.2, 0.25) is 0 Å². The van der Waals surface area contributed by atoms with Gasteiger partial charge in [-0.05, 0) is 30.4 Å². The van der Waals surface area contributed by atoms with Gasteiger partial charge in [-0.1, -0.05) is 0 Å². The van der Waals surface area contributed by atoms with E-state index in [0.29, 0.717) is 17.1 Å². The molecule has 9 nitrogen and oxygen atoms in total. The molecule has 0 spiro atoms. The number of hydrogen-bond acceptors (Lipinski definition) is 6. The molecule has 0 amide bonds. The molecule has 9 heteroatoms. The summed E-state index contributed by atoms with van der Waals surface area (Å²) in [5, 5.41) is 11.0. The molecule has 0 saturated carbocycles. The maximum absolute atomic E-state index is 11.5. The Morgan fingerprint density at radius 1 is 1.13 bits per heavy atom. The van der Waals surface area contributed by atoms with Crippen LogP contribution in [0.15, 0.2) is 27.8 Å². The van der Waals surface area contributed by atoms with Crippen molar-refractivity contribution in [2.24, 2.45) is 0 Å². The highest BCUT2D eigenvalue weighted by atomic mass is 16.6. The Labute approximate surface area is 129 Å². The van der Waals surface area contributed by atoms with E-state index in [2.05, 4.69) is 4.98 Å². The van der Waals surface area contributed by atoms with Crippen LogP contribution in [0.3, 0.4) is 0 Å². The van der Waals surface area contributed by atoms with Crippen LogP contribution in [0.25, 0.3) is 12.2 Å². The minimum absolute atomic E-state index is 0.214. The Bertz CT molecular complexity index is 881. The molecule has 2 rings (SSSR count). The third-order valence-corrected chi connectivity index (χ3v) is 2.99. The second-order valence-electron chi connectivity index (χ2n) is 4.37. The average Bonchev–Trinajstić information content (AvgIpc) is 2.51. The highest BCUT2D eigenvalue weighted by molar-refractivity contribution is 5.74. The molecule has 0 bridgehead atoms. The quantitative estimate of drug-likeness (QED) is 0.629. The van der Waals surface area contributed by atoms with Gasteiger partial charge < -0.3 is 14.5 Å². The lowest BCUT2D eigenvalue weighted by Crippen LogP contribution is -2.25. The molecule has 0 unspecified atom stereocenters. The van der Waals surface area contributed by atoms with Crippen LogP contribution < -0.4 is 20.7 Å². The summed E-state index contributed by atoms with van der Waals surface area (Å²) in [4.78, 5) is 37.0. The molecule has 0 fully saturated rings. The smallest absolute Gasteiger partial charge is 0.357 e. The first-order valence-corrected chi connectivity index (χ1v) is 6.37. The Kier molecular flexibility index (Phi) is 4.60. The Morgan fingerprint density at radius 2 is 1.87 bits per heavy atom. The molecule has 1 aromatic carbocycles. The number of benzene rings is 1. The fourth-order valence-electron chi connectivity index (χ4n) is 1.94. The molecule has 0 aliphatic rings. The fourth-order valence-corrected chi connectivity index (χ4v) is 1.94. The van der Waals surface area contributed by atoms with E-state index in [-0.39, 0.29) is 5.69 Å². The SMILES string of the molecule is COc1ccc(OC)c(/C=C/c2[nH]c(=O)[nH]c(=O)c2[N+](=O)[O-])c1. The molecular weight excluding hydrogens is 306 g/mol. The van der Waals surface area contributed by atoms with E-state index in [4.69, 9.17) is 9.47 Å². The monoisotopic (exact) mass is 319 g/mol. The number of aromatic nitrogens is 2. The number of methoxy groups -OCH3 is 2. The van der Waals surface area contributed by atoms with Crippen molar-refractivity contribution >= 4 is 17.8 Å². The molecular formula is C14H13N3O6. The third-order valence-electron chi connectivity index (χ3n) is 2.99. The van der Waals surface area contributed by atoms with Gasteiger partial charge >= 0.3 is 16.9 Å². The highest BCUT2D eigenvalue weighted by Crippen LogP contribution is 2.26. The molecule has 0 atom stereocenters. The first kappa shape index (κ1) is 16.0. The van der Waals surface area contributed by atoms with Crippen molar-refractivity contribution < 1.29 is 14.4 Å². The molecule has 0 saturated heterocycles. The summed E-state index contributed by atoms with van der Waals surface area (Å²) in [6.45, 7) is 0. The summed E-state index contributed by atoms with van der Waals surface area (Å²) in [5.41, 5.74) is -2.31. The maximum Gasteiger partial charge on any atom is 0.357 e. The van der Waals surface area contributed by atoms with Crippen molar-refractivity contribution in [1.29, 1.82) is 0 Å². The summed E-state index contributed by atoms with van der Waals surface area (Å²) >= 11 is 0. The fraction of sp³-hybridized carbons (Fsp3) is 0.143. The van der Waals surface area contributed by atoms with Crippen LogP contribution in [0.4, 0.5) is 5.69 Å². The van der Waals surface area contributed by atoms with Crippen LogP contribution in [-0.4, -0.2) is 29.1 Å². The lowest BCUT2D eigenvalue weighted by Gasteiger charge is -2.07. The van der Waals surface area contributed by atoms with E-state index in [1.54, 1.807) is 18.2 Å². The number of nitrogens with one attached hydrogen (secondary N) is 2. The largest absolute Gasteiger partial charge is 0.497 e. The van der Waals surface area contributed by atoms with Gasteiger partial charge in [-0.15, -0.1) is 0 Å². The average molecular weight is 319 g/mol. The predicted octanol–water partition coefficient (Wildman–Crippen LogP) is 1.16. The normalized spacial score (nSPS) is 10.7. The first-order chi connectivity index (χ1) is 11.0. The predicted molar refractivity (Wildman–Crippen MR) is 82.8 cm³/mol. The lowest BCUT2D eigenvalue weighted by atomic mass is 10.1. The van der Waals surface area contributed by atoms with E-state index < -0.39 is 21.9 Å². The van der Waals surface area contributed by atoms with Crippen LogP contribution >= 0.6 is 0 Å². The van der Waals surface area contributed by atoms with Gasteiger partial charge in [0.15, 0.2) is 0 Å². The van der Waals surface area contributed by atoms with Gasteiger partial charge in [0, 0.05) is 5.56 Å². The van der Waals surface area contributed by atoms with Crippen molar-refractivity contribution in [2.75, 3.05) is 14.2 Å². The molecule has 2 aromatic rings. The molecule has 1 aromatic heterocycles. The second-order valence-corrected chi connectivity index (χ2v) is 4.37. The molecule has 2 N–H and O–H groups in total. The number of hydrogen-bond donors (Lipinski definition) is 2. The zero-order valence-electron chi connectivity index (χ0n) is 12.3. The molecule has 0 aliphatic carbocycles. The van der Waals surface area contributed by atoms with Crippen molar-refractivity contribution in [2.45, 2.75) is 0 Å². The zero-order chi connectivity index (χ0) is 17.0. The summed E-state index contributed by atoms with van der Waals surface area (Å²) in [7, 11) is 2.96. The van der Waals surface area contributed by atoms with Gasteiger partial charge in [0.2, 0.25) is 0 Å². The van der Waals surface area contributed by atoms with E-state index in [1.807, 2.05) is 4.98 Å². The molecule has 1 heterocycles. The third kappa shape index (κ3) is 3.46. The van der Waals surface area contributed by atoms with Crippen LogP contribution in [0, 0.1) is 10.1 Å². The summed E-state index contributed by atoms with van der Waals surface area (Å²) < 4.78 is 10.3. The number of nitro groups is 1. The lowest BCUT2D eigenvalue weighted by molar-refractivity contribution is -0.386. The van der Waals surface area contributed by atoms with Crippen molar-refractivity contribution in [3.8, 4) is 11.5 Å². The summed E-state index contributed by atoms with van der Waals surface area (Å²) in [5.74, 6) is 1.05. The zero-order valence-corrected chi connectivity index (χ0v) is 12.3. The minimum Gasteiger partial charge on any atom is -0.497 e. The topological polar surface area (TPSA) is 127 Å². The van der Waals surface area contributed by atoms with Crippen molar-refractivity contribution in [3.63, 3.8) is 0 Å². The number of ether oxygens (including phenoxy) is 2. The van der Waals surface area contributed by atoms with Crippen LogP contribution in [-0.2, 0) is 0 Å². The number of nitrogens with zero attached hydrogens (tertiary/aromatic N) is 1. The van der Waals surface area contributed by atoms with Gasteiger partial charge in [-0.2, -0.15) is 0 Å². The van der Waals surface area contributed by atoms with Crippen molar-refractivity contribution in [1.82, 2.24) is 9.97 Å². The van der Waals surface area contributed by atoms with Crippen molar-refractivity contribution in [3.05, 3.63) is 60.4 Å². The maximum atomic E-state index is 11.5. The van der Waals surface area contributed by atoms with E-state index in [0.717, 1.165) is 0 Å². The number of aromatic amines is 2. The van der Waals surface area contributed by atoms with Gasteiger partial charge in [0.1, 0.15) is 17.2 Å². The first-order valence-electron chi connectivity index (χ1n) is 6.37. The molecule has 23 heavy (non-hydrogen) atoms. The molecule has 120 valence electrons. The van der Waals surface area contributed by atoms with Gasteiger partial charge in [-0.3, -0.25) is 19.9 Å². The Morgan fingerprint density at radius 3 is 2.48 bits per heavy atom. The Hall–Kier alpha value is -3.36. The minimum atomic E-state index is -1.07. The van der Waals surface area contributed by atoms with E-state index >= 15 is 0 Å². The van der Waals surface area contributed by atoms with Gasteiger partial charge in [-0.25, -0.2) is 4.79 Å². The second kappa shape index (κ2) is 6.60. The summed E-state index contributed by atoms with van der Waals surface area (Å²) in [6.07, 6.45) is 2.73. The standard InChI is InChI=1S/C14H13N3O6/c1-22-9-4-6-11(23-2)8(7-9)3-5-10-12(17(20)21)13(18)16-14(19)15-10/h3-7H,1-2H3,(H2,15,16,18,19)/b5-3+. The number of rotatable bonds is 5. The molecule has 0 aliphatic heterocycles. The highest BCUT2D eigenvalue weighted by Gasteiger charge is 2.18. The molecule has 0 radical (unpaired) electrons. The van der Waals surface area contributed by atoms with Crippen LogP contribution in [0.1, 0.15) is 11.3 Å². The van der Waals surface area contributed by atoms with Gasteiger partial charge in [0.05, 0.1) is 19.1 Å². The Balaban J connectivity index is 2.55. The van der Waals surface area contributed by atoms with E-state index in [1.165, 1.54) is 26.4 Å². The van der Waals surface area contributed by atoms with E-state index in [9.17, 15) is 19.7 Å².